The molecule has 19 heavy (non-hydrogen) atoms. The molecule has 6 heteroatoms. The van der Waals surface area contributed by atoms with Gasteiger partial charge in [0.05, 0.1) is 7.11 Å². The van der Waals surface area contributed by atoms with Gasteiger partial charge in [0.2, 0.25) is 0 Å². The topological polar surface area (TPSA) is 79.1 Å². The second kappa shape index (κ2) is 4.15. The van der Waals surface area contributed by atoms with Crippen molar-refractivity contribution in [1.82, 2.24) is 9.66 Å². The molecule has 1 aliphatic carbocycles. The minimum atomic E-state index is -0.445. The van der Waals surface area contributed by atoms with Crippen molar-refractivity contribution < 1.29 is 9.13 Å². The van der Waals surface area contributed by atoms with Gasteiger partial charge in [-0.15, -0.1) is 0 Å². The van der Waals surface area contributed by atoms with E-state index in [2.05, 4.69) is 4.98 Å². The molecule has 1 heterocycles. The van der Waals surface area contributed by atoms with Crippen molar-refractivity contribution in [2.24, 2.45) is 0 Å². The molecule has 1 saturated carbocycles. The summed E-state index contributed by atoms with van der Waals surface area (Å²) in [7, 11) is 1.42. The Morgan fingerprint density at radius 3 is 2.74 bits per heavy atom. The van der Waals surface area contributed by atoms with Gasteiger partial charge in [-0.25, -0.2) is 14.1 Å². The first-order chi connectivity index (χ1) is 9.11. The monoisotopic (exact) mass is 262 g/mol. The fourth-order valence-corrected chi connectivity index (χ4v) is 2.12. The largest absolute Gasteiger partial charge is 0.494 e. The first-order valence-corrected chi connectivity index (χ1v) is 6.09. The molecule has 1 aromatic heterocycles. The summed E-state index contributed by atoms with van der Waals surface area (Å²) >= 11 is 0. The molecule has 5 nitrogen and oxygen atoms in total. The number of nitrogens with two attached hydrogens (primary N) is 2. The molecule has 4 N–H and O–H groups in total. The van der Waals surface area contributed by atoms with Crippen LogP contribution in [0.4, 0.5) is 10.2 Å². The zero-order valence-corrected chi connectivity index (χ0v) is 10.6. The molecular formula is C13H15FN4O. The van der Waals surface area contributed by atoms with E-state index in [1.807, 2.05) is 0 Å². The number of aromatic nitrogens is 2. The van der Waals surface area contributed by atoms with E-state index in [0.29, 0.717) is 23.0 Å². The van der Waals surface area contributed by atoms with Gasteiger partial charge in [0.25, 0.3) is 0 Å². The minimum absolute atomic E-state index is 0.192. The fraction of sp³-hybridized carbons (Fsp3) is 0.308. The predicted molar refractivity (Wildman–Crippen MR) is 70.7 cm³/mol. The van der Waals surface area contributed by atoms with Crippen LogP contribution in [0.5, 0.6) is 5.75 Å². The molecule has 0 unspecified atom stereocenters. The van der Waals surface area contributed by atoms with Crippen LogP contribution in [0.3, 0.4) is 0 Å². The highest BCUT2D eigenvalue weighted by atomic mass is 19.1. The van der Waals surface area contributed by atoms with Crippen LogP contribution in [0.25, 0.3) is 11.3 Å². The smallest absolute Gasteiger partial charge is 0.165 e. The summed E-state index contributed by atoms with van der Waals surface area (Å²) in [5.41, 5.74) is 7.06. The first-order valence-electron chi connectivity index (χ1n) is 6.09. The SMILES string of the molecule is COc1ccc(-c2nc(C3CC3)n(N)c2N)cc1F. The van der Waals surface area contributed by atoms with E-state index in [1.54, 1.807) is 12.1 Å². The van der Waals surface area contributed by atoms with Crippen molar-refractivity contribution in [2.75, 3.05) is 18.7 Å². The molecular weight excluding hydrogens is 247 g/mol. The van der Waals surface area contributed by atoms with Gasteiger partial charge < -0.3 is 16.3 Å². The predicted octanol–water partition coefficient (Wildman–Crippen LogP) is 1.87. The van der Waals surface area contributed by atoms with Gasteiger partial charge >= 0.3 is 0 Å². The van der Waals surface area contributed by atoms with Crippen LogP contribution >= 0.6 is 0 Å². The van der Waals surface area contributed by atoms with Crippen molar-refractivity contribution in [1.29, 1.82) is 0 Å². The van der Waals surface area contributed by atoms with Crippen LogP contribution in [0.15, 0.2) is 18.2 Å². The third-order valence-electron chi connectivity index (χ3n) is 3.34. The molecule has 0 aliphatic heterocycles. The molecule has 1 aliphatic rings. The Balaban J connectivity index is 2.06. The lowest BCUT2D eigenvalue weighted by Crippen LogP contribution is -2.14. The van der Waals surface area contributed by atoms with Crippen molar-refractivity contribution in [3.63, 3.8) is 0 Å². The van der Waals surface area contributed by atoms with Gasteiger partial charge in [-0.05, 0) is 31.0 Å². The van der Waals surface area contributed by atoms with Gasteiger partial charge in [0, 0.05) is 11.5 Å². The normalized spacial score (nSPS) is 14.6. The molecule has 0 atom stereocenters. The lowest BCUT2D eigenvalue weighted by Gasteiger charge is -2.04. The number of rotatable bonds is 3. The summed E-state index contributed by atoms with van der Waals surface area (Å²) in [5, 5.41) is 0. The Kier molecular flexibility index (Phi) is 2.58. The fourth-order valence-electron chi connectivity index (χ4n) is 2.12. The van der Waals surface area contributed by atoms with Crippen LogP contribution in [0, 0.1) is 5.82 Å². The zero-order valence-electron chi connectivity index (χ0n) is 10.6. The van der Waals surface area contributed by atoms with E-state index < -0.39 is 5.82 Å². The van der Waals surface area contributed by atoms with E-state index in [1.165, 1.54) is 17.9 Å². The third-order valence-corrected chi connectivity index (χ3v) is 3.34. The highest BCUT2D eigenvalue weighted by Gasteiger charge is 2.30. The third kappa shape index (κ3) is 1.89. The van der Waals surface area contributed by atoms with Gasteiger partial charge in [-0.1, -0.05) is 0 Å². The number of imidazole rings is 1. The Morgan fingerprint density at radius 2 is 2.16 bits per heavy atom. The number of hydrogen-bond donors (Lipinski definition) is 2. The Bertz CT molecular complexity index is 634. The van der Waals surface area contributed by atoms with E-state index in [-0.39, 0.29) is 5.75 Å². The maximum Gasteiger partial charge on any atom is 0.165 e. The molecule has 2 aromatic rings. The van der Waals surface area contributed by atoms with Crippen LogP contribution < -0.4 is 16.3 Å². The molecule has 0 radical (unpaired) electrons. The van der Waals surface area contributed by atoms with Crippen LogP contribution in [0.2, 0.25) is 0 Å². The van der Waals surface area contributed by atoms with E-state index >= 15 is 0 Å². The molecule has 0 spiro atoms. The highest BCUT2D eigenvalue weighted by Crippen LogP contribution is 2.41. The van der Waals surface area contributed by atoms with Crippen molar-refractivity contribution in [3.8, 4) is 17.0 Å². The highest BCUT2D eigenvalue weighted by molar-refractivity contribution is 5.72. The zero-order chi connectivity index (χ0) is 13.6. The maximum absolute atomic E-state index is 13.7. The molecule has 100 valence electrons. The maximum atomic E-state index is 13.7. The summed E-state index contributed by atoms with van der Waals surface area (Å²) in [4.78, 5) is 4.44. The number of nitrogens with zero attached hydrogens (tertiary/aromatic N) is 2. The van der Waals surface area contributed by atoms with E-state index in [4.69, 9.17) is 16.3 Å². The quantitative estimate of drug-likeness (QED) is 0.828. The summed E-state index contributed by atoms with van der Waals surface area (Å²) < 4.78 is 20.0. The Hall–Kier alpha value is -2.24. The second-order valence-electron chi connectivity index (χ2n) is 4.70. The molecule has 0 amide bonds. The number of nitrogen functional groups attached to an aromatic ring is 2. The van der Waals surface area contributed by atoms with E-state index in [9.17, 15) is 4.39 Å². The number of hydrogen-bond acceptors (Lipinski definition) is 4. The Labute approximate surface area is 110 Å². The lowest BCUT2D eigenvalue weighted by molar-refractivity contribution is 0.386. The van der Waals surface area contributed by atoms with Gasteiger partial charge in [-0.2, -0.15) is 0 Å². The molecule has 0 saturated heterocycles. The van der Waals surface area contributed by atoms with Crippen LogP contribution in [0.1, 0.15) is 24.6 Å². The van der Waals surface area contributed by atoms with Crippen molar-refractivity contribution in [2.45, 2.75) is 18.8 Å². The summed E-state index contributed by atoms with van der Waals surface area (Å²) in [6.07, 6.45) is 2.15. The number of halogens is 1. The van der Waals surface area contributed by atoms with E-state index in [0.717, 1.165) is 18.7 Å². The van der Waals surface area contributed by atoms with Crippen molar-refractivity contribution in [3.05, 3.63) is 29.8 Å². The average molecular weight is 262 g/mol. The van der Waals surface area contributed by atoms with Gasteiger partial charge in [0.15, 0.2) is 17.4 Å². The summed E-state index contributed by atoms with van der Waals surface area (Å²) in [6, 6.07) is 4.63. The molecule has 3 rings (SSSR count). The van der Waals surface area contributed by atoms with Crippen LogP contribution in [-0.4, -0.2) is 16.8 Å². The molecule has 1 fully saturated rings. The van der Waals surface area contributed by atoms with Gasteiger partial charge in [0.1, 0.15) is 11.5 Å². The number of anilines is 1. The Morgan fingerprint density at radius 1 is 1.42 bits per heavy atom. The minimum Gasteiger partial charge on any atom is -0.494 e. The standard InChI is InChI=1S/C13H15FN4O/c1-19-10-5-4-8(6-9(10)14)11-12(15)18(16)13(17-11)7-2-3-7/h4-7H,2-3,15-16H2,1H3. The molecule has 0 bridgehead atoms. The first kappa shape index (κ1) is 11.8. The van der Waals surface area contributed by atoms with Crippen LogP contribution in [-0.2, 0) is 0 Å². The van der Waals surface area contributed by atoms with Crippen molar-refractivity contribution >= 4 is 5.82 Å². The summed E-state index contributed by atoms with van der Waals surface area (Å²) in [6.45, 7) is 0. The average Bonchev–Trinajstić information content (AvgIpc) is 3.19. The van der Waals surface area contributed by atoms with Gasteiger partial charge in [-0.3, -0.25) is 0 Å². The molecule has 1 aromatic carbocycles. The number of ether oxygens (including phenoxy) is 1. The number of benzene rings is 1. The lowest BCUT2D eigenvalue weighted by atomic mass is 10.1. The summed E-state index contributed by atoms with van der Waals surface area (Å²) in [5.74, 6) is 7.13. The second-order valence-corrected chi connectivity index (χ2v) is 4.70. The number of methoxy groups -OCH3 is 1.